The minimum Gasteiger partial charge on any atom is -0.497 e. The summed E-state index contributed by atoms with van der Waals surface area (Å²) >= 11 is 0. The third kappa shape index (κ3) is 4.08. The lowest BCUT2D eigenvalue weighted by molar-refractivity contribution is 0.415. The molecule has 2 nitrogen and oxygen atoms in total. The fraction of sp³-hybridized carbons (Fsp3) is 0.368. The molecule has 0 spiro atoms. The lowest BCUT2D eigenvalue weighted by atomic mass is 9.98. The molecule has 0 aliphatic heterocycles. The molecule has 0 atom stereocenters. The highest BCUT2D eigenvalue weighted by Crippen LogP contribution is 2.23. The first-order valence-electron chi connectivity index (χ1n) is 7.63. The Hall–Kier alpha value is -1.80. The molecule has 2 heteroatoms. The lowest BCUT2D eigenvalue weighted by Crippen LogP contribution is -2.18. The van der Waals surface area contributed by atoms with Crippen molar-refractivity contribution in [2.45, 2.75) is 20.8 Å². The fourth-order valence-electron chi connectivity index (χ4n) is 2.36. The second kappa shape index (κ2) is 7.28. The third-order valence-electron chi connectivity index (χ3n) is 3.74. The van der Waals surface area contributed by atoms with E-state index in [9.17, 15) is 0 Å². The largest absolute Gasteiger partial charge is 0.497 e. The zero-order valence-electron chi connectivity index (χ0n) is 13.4. The van der Waals surface area contributed by atoms with E-state index in [0.717, 1.165) is 18.8 Å². The molecular weight excluding hydrogens is 258 g/mol. The maximum Gasteiger partial charge on any atom is 0.119 e. The van der Waals surface area contributed by atoms with Crippen molar-refractivity contribution in [1.82, 2.24) is 5.32 Å². The highest BCUT2D eigenvalue weighted by atomic mass is 16.5. The van der Waals surface area contributed by atoms with Crippen LogP contribution in [0.25, 0.3) is 16.8 Å². The van der Waals surface area contributed by atoms with Crippen LogP contribution in [0.4, 0.5) is 0 Å². The zero-order chi connectivity index (χ0) is 15.2. The van der Waals surface area contributed by atoms with Crippen LogP contribution in [0.5, 0.6) is 5.75 Å². The molecule has 0 heterocycles. The van der Waals surface area contributed by atoms with Gasteiger partial charge < -0.3 is 10.1 Å². The molecule has 112 valence electrons. The first-order valence-corrected chi connectivity index (χ1v) is 7.63. The van der Waals surface area contributed by atoms with E-state index < -0.39 is 0 Å². The molecule has 0 bridgehead atoms. The van der Waals surface area contributed by atoms with Crippen molar-refractivity contribution in [3.05, 3.63) is 47.5 Å². The summed E-state index contributed by atoms with van der Waals surface area (Å²) < 4.78 is 5.27. The standard InChI is InChI=1S/C19H25NO/c1-5-20-13-18(14(2)3)11-15-6-7-17-12-19(21-4)9-8-16(17)10-15/h6-12,14,20H,5,13H2,1-4H3. The Morgan fingerprint density at radius 1 is 1.14 bits per heavy atom. The number of ether oxygens (including phenoxy) is 1. The van der Waals surface area contributed by atoms with Crippen molar-refractivity contribution >= 4 is 16.8 Å². The Morgan fingerprint density at radius 2 is 1.86 bits per heavy atom. The molecule has 2 aromatic carbocycles. The van der Waals surface area contributed by atoms with Gasteiger partial charge in [-0.25, -0.2) is 0 Å². The van der Waals surface area contributed by atoms with Crippen LogP contribution >= 0.6 is 0 Å². The van der Waals surface area contributed by atoms with Crippen LogP contribution in [0.15, 0.2) is 42.0 Å². The van der Waals surface area contributed by atoms with Crippen LogP contribution in [0.1, 0.15) is 26.3 Å². The highest BCUT2D eigenvalue weighted by Gasteiger charge is 2.04. The van der Waals surface area contributed by atoms with Crippen LogP contribution in [0.2, 0.25) is 0 Å². The van der Waals surface area contributed by atoms with Crippen molar-refractivity contribution in [1.29, 1.82) is 0 Å². The van der Waals surface area contributed by atoms with E-state index in [1.165, 1.54) is 21.9 Å². The maximum absolute atomic E-state index is 5.27. The predicted molar refractivity (Wildman–Crippen MR) is 91.9 cm³/mol. The van der Waals surface area contributed by atoms with E-state index in [2.05, 4.69) is 62.5 Å². The van der Waals surface area contributed by atoms with Crippen LogP contribution in [0.3, 0.4) is 0 Å². The van der Waals surface area contributed by atoms with Gasteiger partial charge in [0.25, 0.3) is 0 Å². The Labute approximate surface area is 127 Å². The predicted octanol–water partition coefficient (Wildman–Crippen LogP) is 4.50. The maximum atomic E-state index is 5.27. The summed E-state index contributed by atoms with van der Waals surface area (Å²) in [6.45, 7) is 8.59. The zero-order valence-corrected chi connectivity index (χ0v) is 13.4. The molecule has 0 fully saturated rings. The van der Waals surface area contributed by atoms with Gasteiger partial charge in [0.15, 0.2) is 0 Å². The van der Waals surface area contributed by atoms with Crippen molar-refractivity contribution in [3.63, 3.8) is 0 Å². The number of hydrogen-bond donors (Lipinski definition) is 1. The lowest BCUT2D eigenvalue weighted by Gasteiger charge is -2.12. The quantitative estimate of drug-likeness (QED) is 0.843. The van der Waals surface area contributed by atoms with Gasteiger partial charge in [0.05, 0.1) is 7.11 Å². The molecular formula is C19H25NO. The molecule has 0 saturated carbocycles. The van der Waals surface area contributed by atoms with E-state index in [1.54, 1.807) is 7.11 Å². The average molecular weight is 283 g/mol. The molecule has 0 unspecified atom stereocenters. The third-order valence-corrected chi connectivity index (χ3v) is 3.74. The number of rotatable bonds is 6. The highest BCUT2D eigenvalue weighted by molar-refractivity contribution is 5.86. The molecule has 0 amide bonds. The van der Waals surface area contributed by atoms with Gasteiger partial charge in [0.1, 0.15) is 5.75 Å². The second-order valence-electron chi connectivity index (χ2n) is 5.63. The Balaban J connectivity index is 2.32. The molecule has 2 aromatic rings. The minimum absolute atomic E-state index is 0.551. The number of methoxy groups -OCH3 is 1. The van der Waals surface area contributed by atoms with Crippen LogP contribution in [-0.2, 0) is 0 Å². The van der Waals surface area contributed by atoms with Crippen LogP contribution in [-0.4, -0.2) is 20.2 Å². The number of fused-ring (bicyclic) bond motifs is 1. The summed E-state index contributed by atoms with van der Waals surface area (Å²) in [4.78, 5) is 0. The van der Waals surface area contributed by atoms with Gasteiger partial charge >= 0.3 is 0 Å². The van der Waals surface area contributed by atoms with Crippen molar-refractivity contribution in [2.75, 3.05) is 20.2 Å². The van der Waals surface area contributed by atoms with E-state index in [-0.39, 0.29) is 0 Å². The van der Waals surface area contributed by atoms with E-state index >= 15 is 0 Å². The SMILES string of the molecule is CCNCC(=Cc1ccc2cc(OC)ccc2c1)C(C)C. The molecule has 0 radical (unpaired) electrons. The van der Waals surface area contributed by atoms with E-state index in [4.69, 9.17) is 4.74 Å². The summed E-state index contributed by atoms with van der Waals surface area (Å²) in [5.74, 6) is 1.46. The Kier molecular flexibility index (Phi) is 5.40. The smallest absolute Gasteiger partial charge is 0.119 e. The molecule has 1 N–H and O–H groups in total. The Morgan fingerprint density at radius 3 is 2.52 bits per heavy atom. The van der Waals surface area contributed by atoms with Gasteiger partial charge in [-0.05, 0) is 47.0 Å². The molecule has 0 aliphatic rings. The molecule has 0 aliphatic carbocycles. The second-order valence-corrected chi connectivity index (χ2v) is 5.63. The van der Waals surface area contributed by atoms with Gasteiger partial charge in [-0.15, -0.1) is 0 Å². The minimum atomic E-state index is 0.551. The van der Waals surface area contributed by atoms with Crippen LogP contribution < -0.4 is 10.1 Å². The molecule has 21 heavy (non-hydrogen) atoms. The summed E-state index contributed by atoms with van der Waals surface area (Å²) in [5.41, 5.74) is 2.69. The number of nitrogens with one attached hydrogen (secondary N) is 1. The number of likely N-dealkylation sites (N-methyl/N-ethyl adjacent to an activating group) is 1. The number of benzene rings is 2. The Bertz CT molecular complexity index is 628. The van der Waals surface area contributed by atoms with Gasteiger partial charge in [0, 0.05) is 6.54 Å². The summed E-state index contributed by atoms with van der Waals surface area (Å²) in [5, 5.41) is 5.88. The molecule has 2 rings (SSSR count). The molecule has 0 saturated heterocycles. The van der Waals surface area contributed by atoms with E-state index in [0.29, 0.717) is 5.92 Å². The van der Waals surface area contributed by atoms with Crippen molar-refractivity contribution in [3.8, 4) is 5.75 Å². The number of hydrogen-bond acceptors (Lipinski definition) is 2. The van der Waals surface area contributed by atoms with Gasteiger partial charge in [0.2, 0.25) is 0 Å². The first kappa shape index (κ1) is 15.6. The van der Waals surface area contributed by atoms with E-state index in [1.807, 2.05) is 6.07 Å². The van der Waals surface area contributed by atoms with Crippen molar-refractivity contribution < 1.29 is 4.74 Å². The summed E-state index contributed by atoms with van der Waals surface area (Å²) in [7, 11) is 1.70. The fourth-order valence-corrected chi connectivity index (χ4v) is 2.36. The van der Waals surface area contributed by atoms with Crippen molar-refractivity contribution in [2.24, 2.45) is 5.92 Å². The summed E-state index contributed by atoms with van der Waals surface area (Å²) in [6.07, 6.45) is 2.30. The van der Waals surface area contributed by atoms with Gasteiger partial charge in [-0.3, -0.25) is 0 Å². The normalized spacial score (nSPS) is 12.1. The summed E-state index contributed by atoms with van der Waals surface area (Å²) in [6, 6.07) is 12.8. The monoisotopic (exact) mass is 283 g/mol. The van der Waals surface area contributed by atoms with Crippen LogP contribution in [0, 0.1) is 5.92 Å². The molecule has 0 aromatic heterocycles. The topological polar surface area (TPSA) is 21.3 Å². The first-order chi connectivity index (χ1) is 10.1. The van der Waals surface area contributed by atoms with Gasteiger partial charge in [-0.2, -0.15) is 0 Å². The average Bonchev–Trinajstić information content (AvgIpc) is 2.50. The van der Waals surface area contributed by atoms with Gasteiger partial charge in [-0.1, -0.05) is 50.6 Å².